The highest BCUT2D eigenvalue weighted by atomic mass is 32.2. The number of thioether (sulfide) groups is 2. The number of rotatable bonds is 3. The molecule has 2 aliphatic rings. The van der Waals surface area contributed by atoms with Crippen molar-refractivity contribution in [1.82, 2.24) is 5.32 Å². The second kappa shape index (κ2) is 7.55. The molecule has 0 spiro atoms. The molecule has 3 rings (SSSR count). The third-order valence-electron chi connectivity index (χ3n) is 4.34. The summed E-state index contributed by atoms with van der Waals surface area (Å²) in [6.07, 6.45) is 4.90. The highest BCUT2D eigenvalue weighted by molar-refractivity contribution is 8.38. The van der Waals surface area contributed by atoms with Crippen LogP contribution in [0.2, 0.25) is 0 Å². The lowest BCUT2D eigenvalue weighted by Crippen LogP contribution is -2.41. The Bertz CT molecular complexity index is 574. The normalized spacial score (nSPS) is 24.3. The summed E-state index contributed by atoms with van der Waals surface area (Å²) < 4.78 is 1.01. The van der Waals surface area contributed by atoms with Gasteiger partial charge in [0.1, 0.15) is 4.38 Å². The van der Waals surface area contributed by atoms with Crippen molar-refractivity contribution in [2.45, 2.75) is 44.4 Å². The zero-order valence-electron chi connectivity index (χ0n) is 12.9. The summed E-state index contributed by atoms with van der Waals surface area (Å²) in [5.74, 6) is 2.17. The number of fused-ring (bicyclic) bond motifs is 1. The Balaban J connectivity index is 1.50. The van der Waals surface area contributed by atoms with E-state index in [0.29, 0.717) is 17.7 Å². The van der Waals surface area contributed by atoms with Crippen LogP contribution in [-0.4, -0.2) is 22.1 Å². The topological polar surface area (TPSA) is 41.5 Å². The molecular formula is C17H22N2OS2. The van der Waals surface area contributed by atoms with E-state index >= 15 is 0 Å². The predicted molar refractivity (Wildman–Crippen MR) is 96.9 cm³/mol. The largest absolute Gasteiger partial charge is 0.352 e. The van der Waals surface area contributed by atoms with Crippen LogP contribution in [0.1, 0.15) is 38.2 Å². The van der Waals surface area contributed by atoms with Crippen molar-refractivity contribution in [2.24, 2.45) is 10.9 Å². The van der Waals surface area contributed by atoms with Crippen LogP contribution in [0.5, 0.6) is 0 Å². The quantitative estimate of drug-likeness (QED) is 0.893. The molecule has 0 bridgehead atoms. The van der Waals surface area contributed by atoms with Gasteiger partial charge in [-0.3, -0.25) is 4.79 Å². The van der Waals surface area contributed by atoms with Gasteiger partial charge in [0, 0.05) is 11.8 Å². The first-order valence-corrected chi connectivity index (χ1v) is 9.91. The highest BCUT2D eigenvalue weighted by Crippen LogP contribution is 2.34. The molecule has 1 N–H and O–H groups in total. The van der Waals surface area contributed by atoms with E-state index in [1.165, 1.54) is 24.8 Å². The Labute approximate surface area is 140 Å². The molecule has 1 amide bonds. The van der Waals surface area contributed by atoms with Gasteiger partial charge in [-0.25, -0.2) is 4.99 Å². The maximum atomic E-state index is 12.1. The second-order valence-electron chi connectivity index (χ2n) is 6.02. The molecule has 5 heteroatoms. The summed E-state index contributed by atoms with van der Waals surface area (Å²) in [5, 5.41) is 3.20. The van der Waals surface area contributed by atoms with Gasteiger partial charge < -0.3 is 5.32 Å². The third kappa shape index (κ3) is 4.07. The lowest BCUT2D eigenvalue weighted by molar-refractivity contribution is -0.119. The molecule has 1 saturated carbocycles. The lowest BCUT2D eigenvalue weighted by Gasteiger charge is -2.29. The van der Waals surface area contributed by atoms with Crippen molar-refractivity contribution in [1.29, 1.82) is 0 Å². The van der Waals surface area contributed by atoms with Crippen molar-refractivity contribution in [3.05, 3.63) is 29.8 Å². The van der Waals surface area contributed by atoms with Crippen molar-refractivity contribution >= 4 is 39.5 Å². The fourth-order valence-electron chi connectivity index (χ4n) is 2.99. The number of hydrogen-bond acceptors (Lipinski definition) is 4. The van der Waals surface area contributed by atoms with Crippen LogP contribution in [-0.2, 0) is 10.5 Å². The Hall–Kier alpha value is -0.940. The van der Waals surface area contributed by atoms with Gasteiger partial charge in [-0.1, -0.05) is 61.5 Å². The van der Waals surface area contributed by atoms with Crippen LogP contribution in [0.25, 0.3) is 0 Å². The average molecular weight is 335 g/mol. The molecule has 1 aromatic carbocycles. The van der Waals surface area contributed by atoms with Gasteiger partial charge in [0.05, 0.1) is 11.4 Å². The van der Waals surface area contributed by atoms with E-state index in [1.807, 2.05) is 18.2 Å². The number of carbonyl (C=O) groups excluding carboxylic acids is 1. The van der Waals surface area contributed by atoms with Crippen LogP contribution in [0.3, 0.4) is 0 Å². The van der Waals surface area contributed by atoms with Gasteiger partial charge >= 0.3 is 0 Å². The monoisotopic (exact) mass is 334 g/mol. The molecule has 1 heterocycles. The van der Waals surface area contributed by atoms with Gasteiger partial charge in [-0.2, -0.15) is 0 Å². The molecule has 0 aromatic heterocycles. The second-order valence-corrected chi connectivity index (χ2v) is 8.21. The fourth-order valence-corrected chi connectivity index (χ4v) is 4.87. The summed E-state index contributed by atoms with van der Waals surface area (Å²) in [6.45, 7) is 2.25. The SMILES string of the molecule is C[C@H]1CCCC[C@@H]1NC(=O)CSC1=Nc2ccccc2CS1. The minimum atomic E-state index is 0.144. The fraction of sp³-hybridized carbons (Fsp3) is 0.529. The van der Waals surface area contributed by atoms with Crippen LogP contribution in [0, 0.1) is 5.92 Å². The number of carbonyl (C=O) groups is 1. The number of para-hydroxylation sites is 1. The van der Waals surface area contributed by atoms with E-state index in [4.69, 9.17) is 0 Å². The minimum absolute atomic E-state index is 0.144. The highest BCUT2D eigenvalue weighted by Gasteiger charge is 2.23. The van der Waals surface area contributed by atoms with Gasteiger partial charge in [0.2, 0.25) is 5.91 Å². The van der Waals surface area contributed by atoms with E-state index in [2.05, 4.69) is 23.3 Å². The zero-order chi connectivity index (χ0) is 15.4. The summed E-state index contributed by atoms with van der Waals surface area (Å²) in [7, 11) is 0. The number of nitrogens with one attached hydrogen (secondary N) is 1. The first-order valence-electron chi connectivity index (χ1n) is 7.94. The lowest BCUT2D eigenvalue weighted by atomic mass is 9.86. The van der Waals surface area contributed by atoms with Crippen molar-refractivity contribution in [3.8, 4) is 0 Å². The Morgan fingerprint density at radius 1 is 1.36 bits per heavy atom. The number of nitrogens with zero attached hydrogens (tertiary/aromatic N) is 1. The average Bonchev–Trinajstić information content (AvgIpc) is 2.55. The molecule has 1 fully saturated rings. The molecule has 0 unspecified atom stereocenters. The molecule has 2 atom stereocenters. The van der Waals surface area contributed by atoms with Gasteiger partial charge in [0.25, 0.3) is 0 Å². The first kappa shape index (κ1) is 15.9. The summed E-state index contributed by atoms with van der Waals surface area (Å²) >= 11 is 3.29. The molecule has 1 aliphatic heterocycles. The molecule has 1 aliphatic carbocycles. The number of aliphatic imine (C=N–C) groups is 1. The van der Waals surface area contributed by atoms with Crippen LogP contribution in [0.15, 0.2) is 29.3 Å². The Morgan fingerprint density at radius 3 is 3.05 bits per heavy atom. The van der Waals surface area contributed by atoms with Gasteiger partial charge in [-0.15, -0.1) is 0 Å². The zero-order valence-corrected chi connectivity index (χ0v) is 14.5. The minimum Gasteiger partial charge on any atom is -0.352 e. The van der Waals surface area contributed by atoms with Crippen LogP contribution < -0.4 is 5.32 Å². The van der Waals surface area contributed by atoms with Crippen molar-refractivity contribution in [2.75, 3.05) is 5.75 Å². The first-order chi connectivity index (χ1) is 10.7. The van der Waals surface area contributed by atoms with Crippen molar-refractivity contribution in [3.63, 3.8) is 0 Å². The van der Waals surface area contributed by atoms with E-state index in [1.54, 1.807) is 23.5 Å². The van der Waals surface area contributed by atoms with Crippen LogP contribution in [0.4, 0.5) is 5.69 Å². The van der Waals surface area contributed by atoms with Gasteiger partial charge in [0.15, 0.2) is 0 Å². The molecule has 3 nitrogen and oxygen atoms in total. The smallest absolute Gasteiger partial charge is 0.230 e. The Kier molecular flexibility index (Phi) is 5.47. The maximum absolute atomic E-state index is 12.1. The molecule has 1 aromatic rings. The third-order valence-corrected chi connectivity index (χ3v) is 6.58. The van der Waals surface area contributed by atoms with Gasteiger partial charge in [-0.05, 0) is 30.4 Å². The number of benzene rings is 1. The summed E-state index contributed by atoms with van der Waals surface area (Å²) in [6, 6.07) is 8.58. The Morgan fingerprint density at radius 2 is 2.18 bits per heavy atom. The molecule has 0 radical (unpaired) electrons. The molecular weight excluding hydrogens is 312 g/mol. The maximum Gasteiger partial charge on any atom is 0.230 e. The van der Waals surface area contributed by atoms with Crippen molar-refractivity contribution < 1.29 is 4.79 Å². The summed E-state index contributed by atoms with van der Waals surface area (Å²) in [5.41, 5.74) is 2.32. The van der Waals surface area contributed by atoms with E-state index < -0.39 is 0 Å². The molecule has 0 saturated heterocycles. The van der Waals surface area contributed by atoms with E-state index in [9.17, 15) is 4.79 Å². The number of hydrogen-bond donors (Lipinski definition) is 1. The molecule has 118 valence electrons. The standard InChI is InChI=1S/C17H22N2OS2/c1-12-6-2-4-8-14(12)18-16(20)11-22-17-19-15-9-5-3-7-13(15)10-21-17/h3,5,7,9,12,14H,2,4,6,8,10-11H2,1H3,(H,18,20)/t12-,14-/m0/s1. The van der Waals surface area contributed by atoms with Crippen LogP contribution >= 0.6 is 23.5 Å². The van der Waals surface area contributed by atoms with E-state index in [-0.39, 0.29) is 5.91 Å². The summed E-state index contributed by atoms with van der Waals surface area (Å²) in [4.78, 5) is 16.8. The molecule has 22 heavy (non-hydrogen) atoms. The number of amides is 1. The van der Waals surface area contributed by atoms with E-state index in [0.717, 1.165) is 22.2 Å². The predicted octanol–water partition coefficient (Wildman–Crippen LogP) is 4.35.